The molecular weight excluding hydrogens is 504 g/mol. The molecule has 1 fully saturated rings. The second-order valence-electron chi connectivity index (χ2n) is 10.8. The third-order valence-electron chi connectivity index (χ3n) is 8.22. The summed E-state index contributed by atoms with van der Waals surface area (Å²) in [5.41, 5.74) is 8.98. The molecule has 1 aliphatic heterocycles. The van der Waals surface area contributed by atoms with Gasteiger partial charge in [-0.05, 0) is 102 Å². The van der Waals surface area contributed by atoms with Crippen molar-refractivity contribution in [3.8, 4) is 11.1 Å². The van der Waals surface area contributed by atoms with E-state index in [0.717, 1.165) is 77.1 Å². The molecule has 1 amide bonds. The molecule has 3 aliphatic rings. The van der Waals surface area contributed by atoms with Crippen LogP contribution in [-0.2, 0) is 58.3 Å². The second kappa shape index (κ2) is 9.33. The van der Waals surface area contributed by atoms with Crippen LogP contribution in [0.5, 0.6) is 0 Å². The Morgan fingerprint density at radius 2 is 1.95 bits per heavy atom. The van der Waals surface area contributed by atoms with Gasteiger partial charge >= 0.3 is 0 Å². The third-order valence-corrected chi connectivity index (χ3v) is 11.1. The summed E-state index contributed by atoms with van der Waals surface area (Å²) in [5, 5.41) is 0. The number of aryl methyl sites for hydroxylation is 3. The van der Waals surface area contributed by atoms with E-state index in [-0.39, 0.29) is 10.8 Å². The molecular formula is C29H32N2O4S2. The molecule has 0 atom stereocenters. The lowest BCUT2D eigenvalue weighted by Crippen LogP contribution is -2.32. The average Bonchev–Trinajstić information content (AvgIpc) is 3.48. The summed E-state index contributed by atoms with van der Waals surface area (Å²) < 4.78 is 34.0. The zero-order chi connectivity index (χ0) is 25.8. The molecule has 6 rings (SSSR count). The SMILES string of the molecule is CCc1cc(-c2ccc3c(c2)COCC3)cc(C)c1CC(=O)NS(=O)(=O)c1nc2c(s1)CCC1(CC1)C2. The molecule has 1 aromatic heterocycles. The van der Waals surface area contributed by atoms with Crippen molar-refractivity contribution in [2.24, 2.45) is 5.41 Å². The summed E-state index contributed by atoms with van der Waals surface area (Å²) >= 11 is 1.22. The first kappa shape index (κ1) is 24.8. The van der Waals surface area contributed by atoms with Crippen LogP contribution in [0.15, 0.2) is 34.7 Å². The van der Waals surface area contributed by atoms with Crippen molar-refractivity contribution in [3.05, 3.63) is 68.7 Å². The Hall–Kier alpha value is -2.55. The van der Waals surface area contributed by atoms with E-state index in [9.17, 15) is 13.2 Å². The quantitative estimate of drug-likeness (QED) is 0.476. The van der Waals surface area contributed by atoms with Crippen molar-refractivity contribution < 1.29 is 17.9 Å². The fourth-order valence-corrected chi connectivity index (χ4v) is 8.16. The number of fused-ring (bicyclic) bond motifs is 2. The number of benzene rings is 2. The highest BCUT2D eigenvalue weighted by molar-refractivity contribution is 7.92. The Kier molecular flexibility index (Phi) is 6.24. The topological polar surface area (TPSA) is 85.4 Å². The van der Waals surface area contributed by atoms with Gasteiger partial charge in [-0.2, -0.15) is 8.42 Å². The Morgan fingerprint density at radius 1 is 1.11 bits per heavy atom. The number of hydrogen-bond acceptors (Lipinski definition) is 6. The standard InChI is InChI=1S/C29H32N2O4S2/c1-3-19-13-22(21-5-4-20-7-11-35-17-23(20)14-21)12-18(2)24(19)15-27(32)31-37(33,34)28-30-25-16-29(9-10-29)8-6-26(25)36-28/h4-5,12-14H,3,6-11,15-17H2,1-2H3,(H,31,32). The molecule has 0 saturated heterocycles. The predicted octanol–water partition coefficient (Wildman–Crippen LogP) is 5.07. The van der Waals surface area contributed by atoms with Crippen molar-refractivity contribution in [1.82, 2.24) is 9.71 Å². The molecule has 1 N–H and O–H groups in total. The van der Waals surface area contributed by atoms with E-state index >= 15 is 0 Å². The highest BCUT2D eigenvalue weighted by Crippen LogP contribution is 2.55. The van der Waals surface area contributed by atoms with Gasteiger partial charge in [0.1, 0.15) is 0 Å². The lowest BCUT2D eigenvalue weighted by Gasteiger charge is -2.19. The minimum Gasteiger partial charge on any atom is -0.376 e. The Morgan fingerprint density at radius 3 is 2.73 bits per heavy atom. The summed E-state index contributed by atoms with van der Waals surface area (Å²) in [6.45, 7) is 5.45. The molecule has 0 unspecified atom stereocenters. The van der Waals surface area contributed by atoms with E-state index in [1.165, 1.54) is 35.3 Å². The van der Waals surface area contributed by atoms with Crippen molar-refractivity contribution in [1.29, 1.82) is 0 Å². The van der Waals surface area contributed by atoms with Gasteiger partial charge in [-0.3, -0.25) is 4.79 Å². The summed E-state index contributed by atoms with van der Waals surface area (Å²) in [6, 6.07) is 10.7. The molecule has 194 valence electrons. The predicted molar refractivity (Wildman–Crippen MR) is 144 cm³/mol. The monoisotopic (exact) mass is 536 g/mol. The van der Waals surface area contributed by atoms with Crippen LogP contribution >= 0.6 is 11.3 Å². The molecule has 8 heteroatoms. The van der Waals surface area contributed by atoms with Crippen LogP contribution in [0.2, 0.25) is 0 Å². The van der Waals surface area contributed by atoms with E-state index in [1.807, 2.05) is 6.92 Å². The maximum Gasteiger partial charge on any atom is 0.291 e. The maximum atomic E-state index is 13.0. The summed E-state index contributed by atoms with van der Waals surface area (Å²) in [6.07, 6.45) is 6.99. The van der Waals surface area contributed by atoms with Gasteiger partial charge in [-0.1, -0.05) is 31.2 Å². The van der Waals surface area contributed by atoms with Crippen LogP contribution in [0, 0.1) is 12.3 Å². The third kappa shape index (κ3) is 4.87. The number of amides is 1. The van der Waals surface area contributed by atoms with E-state index < -0.39 is 15.9 Å². The van der Waals surface area contributed by atoms with Gasteiger partial charge in [-0.25, -0.2) is 9.71 Å². The molecule has 3 aromatic rings. The Labute approximate surface area is 222 Å². The van der Waals surface area contributed by atoms with E-state index in [1.54, 1.807) is 0 Å². The molecule has 37 heavy (non-hydrogen) atoms. The lowest BCUT2D eigenvalue weighted by molar-refractivity contribution is -0.118. The van der Waals surface area contributed by atoms with Crippen LogP contribution in [0.25, 0.3) is 11.1 Å². The Bertz CT molecular complexity index is 1500. The zero-order valence-electron chi connectivity index (χ0n) is 21.4. The number of hydrogen-bond donors (Lipinski definition) is 1. The molecule has 0 bridgehead atoms. The smallest absolute Gasteiger partial charge is 0.291 e. The first-order valence-corrected chi connectivity index (χ1v) is 15.4. The number of ether oxygens (including phenoxy) is 1. The number of nitrogens with zero attached hydrogens (tertiary/aromatic N) is 1. The highest BCUT2D eigenvalue weighted by atomic mass is 32.2. The molecule has 1 spiro atoms. The van der Waals surface area contributed by atoms with Gasteiger partial charge in [0, 0.05) is 4.88 Å². The fraction of sp³-hybridized carbons (Fsp3) is 0.448. The molecule has 2 aliphatic carbocycles. The van der Waals surface area contributed by atoms with E-state index in [4.69, 9.17) is 4.74 Å². The van der Waals surface area contributed by atoms with Gasteiger partial charge < -0.3 is 4.74 Å². The summed E-state index contributed by atoms with van der Waals surface area (Å²) in [5.74, 6) is -0.525. The molecule has 2 heterocycles. The molecule has 1 saturated carbocycles. The summed E-state index contributed by atoms with van der Waals surface area (Å²) in [4.78, 5) is 18.5. The van der Waals surface area contributed by atoms with Crippen molar-refractivity contribution >= 4 is 27.3 Å². The van der Waals surface area contributed by atoms with E-state index in [0.29, 0.717) is 12.0 Å². The average molecular weight is 537 g/mol. The van der Waals surface area contributed by atoms with Gasteiger partial charge in [-0.15, -0.1) is 11.3 Å². The number of carbonyl (C=O) groups is 1. The zero-order valence-corrected chi connectivity index (χ0v) is 23.0. The highest BCUT2D eigenvalue weighted by Gasteiger charge is 2.46. The first-order valence-electron chi connectivity index (χ1n) is 13.1. The molecule has 2 aromatic carbocycles. The van der Waals surface area contributed by atoms with Crippen LogP contribution < -0.4 is 4.72 Å². The van der Waals surface area contributed by atoms with Gasteiger partial charge in [0.15, 0.2) is 0 Å². The molecule has 0 radical (unpaired) electrons. The number of aromatic nitrogens is 1. The minimum absolute atomic E-state index is 0.0146. The Balaban J connectivity index is 1.20. The van der Waals surface area contributed by atoms with Gasteiger partial charge in [0.05, 0.1) is 25.3 Å². The first-order chi connectivity index (χ1) is 17.7. The second-order valence-corrected chi connectivity index (χ2v) is 13.7. The van der Waals surface area contributed by atoms with Gasteiger partial charge in [0.2, 0.25) is 10.2 Å². The van der Waals surface area contributed by atoms with Crippen molar-refractivity contribution in [2.75, 3.05) is 6.61 Å². The maximum absolute atomic E-state index is 13.0. The largest absolute Gasteiger partial charge is 0.376 e. The van der Waals surface area contributed by atoms with Gasteiger partial charge in [0.25, 0.3) is 10.0 Å². The fourth-order valence-electron chi connectivity index (χ4n) is 5.80. The lowest BCUT2D eigenvalue weighted by atomic mass is 9.88. The van der Waals surface area contributed by atoms with Crippen LogP contribution in [0.3, 0.4) is 0 Å². The number of rotatable bonds is 6. The van der Waals surface area contributed by atoms with Crippen molar-refractivity contribution in [3.63, 3.8) is 0 Å². The molecule has 6 nitrogen and oxygen atoms in total. The normalized spacial score (nSPS) is 17.8. The van der Waals surface area contributed by atoms with E-state index in [2.05, 4.69) is 47.0 Å². The van der Waals surface area contributed by atoms with Crippen LogP contribution in [0.4, 0.5) is 0 Å². The number of thiazole rings is 1. The number of sulfonamides is 1. The minimum atomic E-state index is -3.99. The van der Waals surface area contributed by atoms with Crippen LogP contribution in [-0.4, -0.2) is 25.9 Å². The number of nitrogens with one attached hydrogen (secondary N) is 1. The van der Waals surface area contributed by atoms with Crippen molar-refractivity contribution in [2.45, 2.75) is 76.2 Å². The summed E-state index contributed by atoms with van der Waals surface area (Å²) in [7, 11) is -3.99. The van der Waals surface area contributed by atoms with Crippen LogP contribution in [0.1, 0.15) is 64.6 Å². The number of carbonyl (C=O) groups excluding carboxylic acids is 1.